The zero-order chi connectivity index (χ0) is 18.2. The third-order valence-electron chi connectivity index (χ3n) is 4.08. The molecule has 1 aromatic heterocycles. The van der Waals surface area contributed by atoms with E-state index in [4.69, 9.17) is 0 Å². The van der Waals surface area contributed by atoms with Crippen molar-refractivity contribution in [2.75, 3.05) is 13.1 Å². The molecule has 0 aliphatic carbocycles. The molecule has 0 amide bonds. The van der Waals surface area contributed by atoms with E-state index >= 15 is 0 Å². The maximum Gasteiger partial charge on any atom is 0.191 e. The topological polar surface area (TPSA) is 54.2 Å². The first-order valence-electron chi connectivity index (χ1n) is 8.85. The minimum absolute atomic E-state index is 0. The van der Waals surface area contributed by atoms with E-state index in [1.165, 1.54) is 12.1 Å². The van der Waals surface area contributed by atoms with Crippen LogP contribution in [-0.4, -0.2) is 34.9 Å². The van der Waals surface area contributed by atoms with Crippen LogP contribution in [-0.2, 0) is 6.42 Å². The number of nitrogens with one attached hydrogen (secondary N) is 2. The van der Waals surface area contributed by atoms with Crippen LogP contribution in [0.15, 0.2) is 41.5 Å². The zero-order valence-electron chi connectivity index (χ0n) is 15.9. The summed E-state index contributed by atoms with van der Waals surface area (Å²) in [6.07, 6.45) is 2.64. The quantitative estimate of drug-likeness (QED) is 0.366. The molecule has 1 atom stereocenters. The number of aliphatic imine (C=N–C) groups is 1. The third kappa shape index (κ3) is 6.93. The second-order valence-corrected chi connectivity index (χ2v) is 6.42. The average Bonchev–Trinajstić information content (AvgIpc) is 3.04. The van der Waals surface area contributed by atoms with Gasteiger partial charge in [-0.05, 0) is 50.1 Å². The van der Waals surface area contributed by atoms with Crippen LogP contribution in [0.3, 0.4) is 0 Å². The van der Waals surface area contributed by atoms with Crippen molar-refractivity contribution in [2.24, 2.45) is 10.9 Å². The Balaban J connectivity index is 0.00000338. The number of aromatic nitrogens is 2. The van der Waals surface area contributed by atoms with Gasteiger partial charge in [0.15, 0.2) is 5.96 Å². The van der Waals surface area contributed by atoms with E-state index in [9.17, 15) is 4.39 Å². The van der Waals surface area contributed by atoms with Gasteiger partial charge < -0.3 is 10.6 Å². The molecule has 1 heterocycles. The van der Waals surface area contributed by atoms with Crippen molar-refractivity contribution in [3.63, 3.8) is 0 Å². The monoisotopic (exact) mass is 473 g/mol. The van der Waals surface area contributed by atoms with E-state index in [1.807, 2.05) is 12.3 Å². The predicted octanol–water partition coefficient (Wildman–Crippen LogP) is 3.77. The van der Waals surface area contributed by atoms with Gasteiger partial charge in [-0.2, -0.15) is 5.10 Å². The first-order valence-corrected chi connectivity index (χ1v) is 8.85. The Bertz CT molecular complexity index is 681. The van der Waals surface area contributed by atoms with Gasteiger partial charge in [-0.3, -0.25) is 4.99 Å². The van der Waals surface area contributed by atoms with Gasteiger partial charge in [-0.15, -0.1) is 24.0 Å². The molecule has 0 radical (unpaired) electrons. The summed E-state index contributed by atoms with van der Waals surface area (Å²) in [6, 6.07) is 8.62. The molecule has 0 saturated carbocycles. The number of hydrogen-bond acceptors (Lipinski definition) is 2. The molecule has 0 fully saturated rings. The van der Waals surface area contributed by atoms with Crippen LogP contribution in [0, 0.1) is 11.7 Å². The lowest BCUT2D eigenvalue weighted by Gasteiger charge is -2.20. The van der Waals surface area contributed by atoms with E-state index in [0.717, 1.165) is 30.3 Å². The molecule has 0 aliphatic rings. The minimum Gasteiger partial charge on any atom is -0.357 e. The highest BCUT2D eigenvalue weighted by Crippen LogP contribution is 2.09. The Hall–Kier alpha value is -1.64. The molecule has 144 valence electrons. The Morgan fingerprint density at radius 2 is 1.88 bits per heavy atom. The summed E-state index contributed by atoms with van der Waals surface area (Å²) in [4.78, 5) is 4.62. The smallest absolute Gasteiger partial charge is 0.191 e. The van der Waals surface area contributed by atoms with Crippen LogP contribution in [0.25, 0.3) is 5.69 Å². The Morgan fingerprint density at radius 3 is 2.50 bits per heavy atom. The summed E-state index contributed by atoms with van der Waals surface area (Å²) in [5, 5.41) is 11.2. The van der Waals surface area contributed by atoms with Crippen molar-refractivity contribution in [2.45, 2.75) is 40.2 Å². The Morgan fingerprint density at radius 1 is 1.19 bits per heavy atom. The van der Waals surface area contributed by atoms with E-state index in [2.05, 4.69) is 48.4 Å². The normalized spacial score (nSPS) is 12.6. The van der Waals surface area contributed by atoms with Crippen molar-refractivity contribution < 1.29 is 4.39 Å². The van der Waals surface area contributed by atoms with Crippen LogP contribution < -0.4 is 10.6 Å². The van der Waals surface area contributed by atoms with Crippen molar-refractivity contribution >= 4 is 29.9 Å². The molecule has 7 heteroatoms. The summed E-state index contributed by atoms with van der Waals surface area (Å²) in [7, 11) is 0. The van der Waals surface area contributed by atoms with Crippen molar-refractivity contribution in [3.05, 3.63) is 48.0 Å². The second kappa shape index (κ2) is 11.2. The van der Waals surface area contributed by atoms with E-state index < -0.39 is 0 Å². The number of hydrogen-bond donors (Lipinski definition) is 2. The molecule has 0 aliphatic heterocycles. The molecular formula is C19H29FIN5. The molecule has 1 aromatic carbocycles. The molecule has 2 aromatic rings. The predicted molar refractivity (Wildman–Crippen MR) is 116 cm³/mol. The minimum atomic E-state index is -0.246. The molecule has 26 heavy (non-hydrogen) atoms. The molecule has 1 unspecified atom stereocenters. The Labute approximate surface area is 172 Å². The first-order chi connectivity index (χ1) is 12.0. The molecular weight excluding hydrogens is 444 g/mol. The number of guanidine groups is 1. The molecule has 0 bridgehead atoms. The van der Waals surface area contributed by atoms with E-state index in [1.54, 1.807) is 16.8 Å². The molecule has 2 N–H and O–H groups in total. The van der Waals surface area contributed by atoms with Crippen molar-refractivity contribution in [3.8, 4) is 5.69 Å². The molecule has 5 nitrogen and oxygen atoms in total. The third-order valence-corrected chi connectivity index (χ3v) is 4.08. The summed E-state index contributed by atoms with van der Waals surface area (Å²) >= 11 is 0. The number of halogens is 2. The standard InChI is InChI=1S/C19H28FN5.HI/c1-5-21-19(23-15(4)14(2)3)22-12-10-17-11-13-25(24-17)18-8-6-16(20)7-9-18;/h6-9,11,13-15H,5,10,12H2,1-4H3,(H2,21,22,23);1H. The van der Waals surface area contributed by atoms with Crippen LogP contribution in [0.4, 0.5) is 4.39 Å². The number of nitrogens with zero attached hydrogens (tertiary/aromatic N) is 3. The van der Waals surface area contributed by atoms with E-state index in [0.29, 0.717) is 18.5 Å². The maximum absolute atomic E-state index is 13.0. The fourth-order valence-corrected chi connectivity index (χ4v) is 2.22. The SMILES string of the molecule is CCNC(=NCCc1ccn(-c2ccc(F)cc2)n1)NC(C)C(C)C.I. The molecule has 0 spiro atoms. The number of rotatable bonds is 7. The summed E-state index contributed by atoms with van der Waals surface area (Å²) in [6.45, 7) is 10.1. The van der Waals surface area contributed by atoms with Gasteiger partial charge >= 0.3 is 0 Å². The van der Waals surface area contributed by atoms with Gasteiger partial charge in [0.25, 0.3) is 0 Å². The highest BCUT2D eigenvalue weighted by atomic mass is 127. The van der Waals surface area contributed by atoms with Crippen LogP contribution in [0.5, 0.6) is 0 Å². The average molecular weight is 473 g/mol. The number of benzene rings is 1. The van der Waals surface area contributed by atoms with E-state index in [-0.39, 0.29) is 29.8 Å². The Kier molecular flexibility index (Phi) is 9.61. The summed E-state index contributed by atoms with van der Waals surface area (Å²) in [5.41, 5.74) is 1.80. The van der Waals surface area contributed by atoms with Gasteiger partial charge in [0.1, 0.15) is 5.82 Å². The fraction of sp³-hybridized carbons (Fsp3) is 0.474. The van der Waals surface area contributed by atoms with Crippen LogP contribution in [0.1, 0.15) is 33.4 Å². The highest BCUT2D eigenvalue weighted by Gasteiger charge is 2.08. The highest BCUT2D eigenvalue weighted by molar-refractivity contribution is 14.0. The van der Waals surface area contributed by atoms with Gasteiger partial charge in [-0.25, -0.2) is 9.07 Å². The van der Waals surface area contributed by atoms with Crippen LogP contribution in [0.2, 0.25) is 0 Å². The lowest BCUT2D eigenvalue weighted by atomic mass is 10.1. The van der Waals surface area contributed by atoms with Gasteiger partial charge in [0.05, 0.1) is 11.4 Å². The largest absolute Gasteiger partial charge is 0.357 e. The van der Waals surface area contributed by atoms with Gasteiger partial charge in [0.2, 0.25) is 0 Å². The van der Waals surface area contributed by atoms with Gasteiger partial charge in [-0.1, -0.05) is 13.8 Å². The van der Waals surface area contributed by atoms with Crippen molar-refractivity contribution in [1.82, 2.24) is 20.4 Å². The maximum atomic E-state index is 13.0. The fourth-order valence-electron chi connectivity index (χ4n) is 2.22. The van der Waals surface area contributed by atoms with Crippen LogP contribution >= 0.6 is 24.0 Å². The summed E-state index contributed by atoms with van der Waals surface area (Å²) in [5.74, 6) is 1.13. The summed E-state index contributed by atoms with van der Waals surface area (Å²) < 4.78 is 14.7. The lowest BCUT2D eigenvalue weighted by molar-refractivity contribution is 0.481. The molecule has 2 rings (SSSR count). The molecule has 0 saturated heterocycles. The second-order valence-electron chi connectivity index (χ2n) is 6.42. The first kappa shape index (κ1) is 22.4. The van der Waals surface area contributed by atoms with Gasteiger partial charge in [0, 0.05) is 31.7 Å². The lowest BCUT2D eigenvalue weighted by Crippen LogP contribution is -2.44. The zero-order valence-corrected chi connectivity index (χ0v) is 18.2. The van der Waals surface area contributed by atoms with Crippen molar-refractivity contribution in [1.29, 1.82) is 0 Å².